The standard InChI is InChI=1S/C61H84O6/c1-4-7-10-13-16-19-22-25-27-29-30-32-33-36-39-42-45-48-51-54-60(63)66-57-58(56-65-59(62)53-50-47-44-41-38-35-24-21-18-15-12-9-6-3)67-61(64)55-52-49-46-43-40-37-34-31-28-26-23-20-17-14-11-8-5-2/h7-12,14-21,23-28,30-32,34-41,44-45,48,58H,4-6,13,22,29,33,42-43,46-47,49-57H2,1-3H3/b10-7-,11-8-,12-9-,17-14-,18-15-,19-16-,23-20-,24-21-,27-25-,28-26-,32-30-,34-31+,38-35-,39-36-,40-37-,44-41-,48-45-. The molecule has 0 aliphatic heterocycles. The summed E-state index contributed by atoms with van der Waals surface area (Å²) < 4.78 is 16.6. The predicted octanol–water partition coefficient (Wildman–Crippen LogP) is 16.5. The van der Waals surface area contributed by atoms with Crippen molar-refractivity contribution in [1.82, 2.24) is 0 Å². The molecule has 364 valence electrons. The van der Waals surface area contributed by atoms with Gasteiger partial charge in [0, 0.05) is 19.3 Å². The summed E-state index contributed by atoms with van der Waals surface area (Å²) in [6.45, 7) is 6.01. The molecule has 0 spiro atoms. The first kappa shape index (κ1) is 61.0. The Hall–Kier alpha value is -6.01. The second-order valence-corrected chi connectivity index (χ2v) is 15.1. The highest BCUT2D eigenvalue weighted by Gasteiger charge is 2.19. The maximum Gasteiger partial charge on any atom is 0.306 e. The first-order chi connectivity index (χ1) is 33.0. The van der Waals surface area contributed by atoms with Gasteiger partial charge in [-0.25, -0.2) is 0 Å². The zero-order chi connectivity index (χ0) is 48.6. The minimum absolute atomic E-state index is 0.171. The number of esters is 3. The summed E-state index contributed by atoms with van der Waals surface area (Å²) in [5.41, 5.74) is 0. The number of ether oxygens (including phenoxy) is 3. The lowest BCUT2D eigenvalue weighted by Gasteiger charge is -2.18. The van der Waals surface area contributed by atoms with Crippen molar-refractivity contribution < 1.29 is 28.6 Å². The van der Waals surface area contributed by atoms with Crippen LogP contribution in [-0.4, -0.2) is 37.2 Å². The number of allylic oxidation sites excluding steroid dienone is 34. The molecule has 67 heavy (non-hydrogen) atoms. The van der Waals surface area contributed by atoms with Gasteiger partial charge in [-0.3, -0.25) is 14.4 Å². The molecule has 1 unspecified atom stereocenters. The maximum atomic E-state index is 12.8. The van der Waals surface area contributed by atoms with E-state index in [1.165, 1.54) is 0 Å². The number of rotatable bonds is 40. The van der Waals surface area contributed by atoms with E-state index in [2.05, 4.69) is 99.8 Å². The average Bonchev–Trinajstić information content (AvgIpc) is 3.33. The highest BCUT2D eigenvalue weighted by molar-refractivity contribution is 5.71. The number of hydrogen-bond donors (Lipinski definition) is 0. The molecule has 6 nitrogen and oxygen atoms in total. The Labute approximate surface area is 407 Å². The predicted molar refractivity (Wildman–Crippen MR) is 287 cm³/mol. The number of hydrogen-bond acceptors (Lipinski definition) is 6. The maximum absolute atomic E-state index is 12.8. The Kier molecular flexibility index (Phi) is 47.9. The number of unbranched alkanes of at least 4 members (excludes halogenated alkanes) is 4. The van der Waals surface area contributed by atoms with Gasteiger partial charge in [0.15, 0.2) is 6.10 Å². The summed E-state index contributed by atoms with van der Waals surface area (Å²) in [6, 6.07) is 0. The lowest BCUT2D eigenvalue weighted by atomic mass is 10.1. The van der Waals surface area contributed by atoms with Crippen molar-refractivity contribution in [2.24, 2.45) is 0 Å². The molecule has 0 radical (unpaired) electrons. The van der Waals surface area contributed by atoms with Crippen LogP contribution in [0, 0.1) is 0 Å². The fourth-order valence-electron chi connectivity index (χ4n) is 5.47. The molecule has 0 bridgehead atoms. The second kappa shape index (κ2) is 52.6. The minimum atomic E-state index is -0.874. The molecule has 0 saturated heterocycles. The van der Waals surface area contributed by atoms with E-state index in [0.717, 1.165) is 77.0 Å². The van der Waals surface area contributed by atoms with E-state index >= 15 is 0 Å². The largest absolute Gasteiger partial charge is 0.462 e. The SMILES string of the molecule is CC\C=C/C=C\C=C/C=C\C=C/CCCC(=O)OCC(COC(=O)CC/C=C\C/C=C\C/C=C\C/C=C\C/C=C\C/C=C\CC)OC(=O)CCCCC\C=C/C=C/C=C\C=C/C=C\C=C/CC. The molecule has 1 atom stereocenters. The lowest BCUT2D eigenvalue weighted by molar-refractivity contribution is -0.166. The van der Waals surface area contributed by atoms with E-state index in [-0.39, 0.29) is 38.4 Å². The Balaban J connectivity index is 4.75. The van der Waals surface area contributed by atoms with Gasteiger partial charge < -0.3 is 14.2 Å². The van der Waals surface area contributed by atoms with Gasteiger partial charge in [0.2, 0.25) is 0 Å². The summed E-state index contributed by atoms with van der Waals surface area (Å²) in [5.74, 6) is -1.19. The molecule has 0 fully saturated rings. The van der Waals surface area contributed by atoms with Crippen LogP contribution < -0.4 is 0 Å². The van der Waals surface area contributed by atoms with Crippen molar-refractivity contribution in [3.63, 3.8) is 0 Å². The molecule has 0 amide bonds. The molecule has 0 heterocycles. The first-order valence-corrected chi connectivity index (χ1v) is 24.7. The smallest absolute Gasteiger partial charge is 0.306 e. The van der Waals surface area contributed by atoms with Gasteiger partial charge in [-0.05, 0) is 89.9 Å². The van der Waals surface area contributed by atoms with Crippen molar-refractivity contribution >= 4 is 17.9 Å². The van der Waals surface area contributed by atoms with Gasteiger partial charge in [0.1, 0.15) is 13.2 Å². The van der Waals surface area contributed by atoms with Crippen molar-refractivity contribution in [3.8, 4) is 0 Å². The average molecular weight is 913 g/mol. The number of carbonyl (C=O) groups is 3. The Morgan fingerprint density at radius 2 is 0.657 bits per heavy atom. The molecule has 0 aliphatic rings. The van der Waals surface area contributed by atoms with E-state index in [0.29, 0.717) is 19.3 Å². The minimum Gasteiger partial charge on any atom is -0.462 e. The van der Waals surface area contributed by atoms with Crippen molar-refractivity contribution in [1.29, 1.82) is 0 Å². The molecular formula is C61H84O6. The van der Waals surface area contributed by atoms with E-state index in [9.17, 15) is 14.4 Å². The van der Waals surface area contributed by atoms with Gasteiger partial charge in [0.05, 0.1) is 0 Å². The Morgan fingerprint density at radius 3 is 1.09 bits per heavy atom. The van der Waals surface area contributed by atoms with Crippen LogP contribution in [0.2, 0.25) is 0 Å². The van der Waals surface area contributed by atoms with Crippen LogP contribution in [0.3, 0.4) is 0 Å². The molecule has 0 aromatic rings. The number of carbonyl (C=O) groups excluding carboxylic acids is 3. The lowest BCUT2D eigenvalue weighted by Crippen LogP contribution is -2.30. The van der Waals surface area contributed by atoms with Gasteiger partial charge in [-0.1, -0.05) is 234 Å². The normalized spacial score (nSPS) is 13.9. The monoisotopic (exact) mass is 913 g/mol. The summed E-state index contributed by atoms with van der Waals surface area (Å²) in [7, 11) is 0. The molecule has 0 aromatic carbocycles. The van der Waals surface area contributed by atoms with Crippen LogP contribution in [-0.2, 0) is 28.6 Å². The topological polar surface area (TPSA) is 78.9 Å². The van der Waals surface area contributed by atoms with Crippen molar-refractivity contribution in [2.75, 3.05) is 13.2 Å². The molecule has 0 N–H and O–H groups in total. The van der Waals surface area contributed by atoms with E-state index < -0.39 is 18.0 Å². The van der Waals surface area contributed by atoms with E-state index in [1.54, 1.807) is 0 Å². The Bertz CT molecular complexity index is 1760. The van der Waals surface area contributed by atoms with Gasteiger partial charge in [0.25, 0.3) is 0 Å². The fraction of sp³-hybridized carbons (Fsp3) is 0.393. The summed E-state index contributed by atoms with van der Waals surface area (Å²) in [4.78, 5) is 37.9. The molecule has 0 aromatic heterocycles. The van der Waals surface area contributed by atoms with Crippen LogP contribution in [0.4, 0.5) is 0 Å². The Morgan fingerprint density at radius 1 is 0.313 bits per heavy atom. The van der Waals surface area contributed by atoms with Gasteiger partial charge in [-0.15, -0.1) is 0 Å². The first-order valence-electron chi connectivity index (χ1n) is 24.7. The molecule has 6 heteroatoms. The van der Waals surface area contributed by atoms with Crippen LogP contribution in [0.5, 0.6) is 0 Å². The highest BCUT2D eigenvalue weighted by Crippen LogP contribution is 2.09. The third-order valence-corrected chi connectivity index (χ3v) is 9.07. The van der Waals surface area contributed by atoms with Gasteiger partial charge in [-0.2, -0.15) is 0 Å². The van der Waals surface area contributed by atoms with Crippen molar-refractivity contribution in [3.05, 3.63) is 207 Å². The fourth-order valence-corrected chi connectivity index (χ4v) is 5.47. The zero-order valence-electron chi connectivity index (χ0n) is 41.3. The summed E-state index contributed by atoms with van der Waals surface area (Å²) in [6.07, 6.45) is 82.5. The highest BCUT2D eigenvalue weighted by atomic mass is 16.6. The zero-order valence-corrected chi connectivity index (χ0v) is 41.3. The molecule has 0 saturated carbocycles. The van der Waals surface area contributed by atoms with E-state index in [1.807, 2.05) is 128 Å². The second-order valence-electron chi connectivity index (χ2n) is 15.1. The molecule has 0 rings (SSSR count). The quantitative estimate of drug-likeness (QED) is 0.0200. The molecule has 0 aliphatic carbocycles. The van der Waals surface area contributed by atoms with Crippen LogP contribution in [0.25, 0.3) is 0 Å². The van der Waals surface area contributed by atoms with Gasteiger partial charge >= 0.3 is 17.9 Å². The van der Waals surface area contributed by atoms with Crippen LogP contribution in [0.15, 0.2) is 207 Å². The summed E-state index contributed by atoms with van der Waals surface area (Å²) >= 11 is 0. The van der Waals surface area contributed by atoms with Crippen LogP contribution in [0.1, 0.15) is 136 Å². The molecular weight excluding hydrogens is 829 g/mol. The van der Waals surface area contributed by atoms with Crippen molar-refractivity contribution in [2.45, 2.75) is 142 Å². The van der Waals surface area contributed by atoms with Crippen LogP contribution >= 0.6 is 0 Å². The third kappa shape index (κ3) is 50.8. The third-order valence-electron chi connectivity index (χ3n) is 9.07. The summed E-state index contributed by atoms with van der Waals surface area (Å²) in [5, 5.41) is 0. The van der Waals surface area contributed by atoms with E-state index in [4.69, 9.17) is 14.2 Å².